The van der Waals surface area contributed by atoms with Crippen LogP contribution in [0.25, 0.3) is 0 Å². The summed E-state index contributed by atoms with van der Waals surface area (Å²) >= 11 is 0. The fourth-order valence-electron chi connectivity index (χ4n) is 18.0. The van der Waals surface area contributed by atoms with Gasteiger partial charge in [0.25, 0.3) is 0 Å². The zero-order valence-electron chi connectivity index (χ0n) is 12.0. The minimum atomic E-state index is -3.61. The molecule has 10 heterocycles. The molecule has 0 radical (unpaired) electrons. The topological polar surface area (TPSA) is 34.1 Å². The molecular weight excluding hydrogens is 361 g/mol. The van der Waals surface area contributed by atoms with Crippen molar-refractivity contribution in [2.24, 2.45) is 0 Å². The van der Waals surface area contributed by atoms with Crippen molar-refractivity contribution in [2.75, 3.05) is 0 Å². The van der Waals surface area contributed by atoms with Crippen LogP contribution in [0.5, 0.6) is 0 Å². The maximum atomic E-state index is 13.4. The van der Waals surface area contributed by atoms with Gasteiger partial charge in [-0.2, -0.15) is 0 Å². The first-order chi connectivity index (χ1) is 10.5. The summed E-state index contributed by atoms with van der Waals surface area (Å²) < 4.78 is 10.6. The summed E-state index contributed by atoms with van der Waals surface area (Å²) in [5.74, 6) is 0.561. The molecule has 22 heavy (non-hydrogen) atoms. The zero-order valence-corrected chi connectivity index (χ0v) is 13.7. The molecule has 4 unspecified atom stereocenters. The quantitative estimate of drug-likeness (QED) is 0.437. The molecule has 0 saturated carbocycles. The Morgan fingerprint density at radius 3 is 1.82 bits per heavy atom. The van der Waals surface area contributed by atoms with Crippen LogP contribution >= 0.6 is 0 Å². The van der Waals surface area contributed by atoms with Gasteiger partial charge in [0.15, 0.2) is 0 Å². The maximum absolute atomic E-state index is 13.4. The van der Waals surface area contributed by atoms with Crippen molar-refractivity contribution in [3.63, 3.8) is 0 Å². The number of hydrogen-bond donors (Lipinski definition) is 0. The molecule has 3 heteroatoms. The molecule has 1 aromatic carbocycles. The molecule has 4 atom stereocenters. The van der Waals surface area contributed by atoms with Crippen molar-refractivity contribution < 1.29 is 17.3 Å². The van der Waals surface area contributed by atoms with Gasteiger partial charge >= 0.3 is 116 Å². The van der Waals surface area contributed by atoms with Gasteiger partial charge in [-0.05, 0) is 0 Å². The molecule has 11 rings (SSSR count). The van der Waals surface area contributed by atoms with Gasteiger partial charge in [-0.15, -0.1) is 0 Å². The van der Waals surface area contributed by atoms with Gasteiger partial charge in [0.1, 0.15) is 0 Å². The summed E-state index contributed by atoms with van der Waals surface area (Å²) in [6.07, 6.45) is 0.234. The Morgan fingerprint density at radius 2 is 1.41 bits per heavy atom. The third kappa shape index (κ3) is 0.116. The molecule has 0 amide bonds. The van der Waals surface area contributed by atoms with Crippen LogP contribution in [-0.4, -0.2) is 11.6 Å². The first-order valence-corrected chi connectivity index (χ1v) is 18.7. The van der Waals surface area contributed by atoms with Crippen molar-refractivity contribution in [1.82, 2.24) is 0 Å². The molecule has 1 spiro atoms. The van der Waals surface area contributed by atoms with Crippen LogP contribution in [-0.2, 0) is 12.5 Å². The van der Waals surface area contributed by atoms with E-state index in [2.05, 4.69) is 0 Å². The van der Waals surface area contributed by atoms with E-state index in [0.717, 1.165) is 14.6 Å². The molecule has 2 nitrogen and oxygen atoms in total. The summed E-state index contributed by atoms with van der Waals surface area (Å²) in [5.41, 5.74) is 0.740. The van der Waals surface area contributed by atoms with Crippen molar-refractivity contribution in [3.05, 3.63) is 35.9 Å². The van der Waals surface area contributed by atoms with E-state index in [-0.39, 0.29) is 16.2 Å². The predicted molar refractivity (Wildman–Crippen MR) is 76.8 cm³/mol. The fraction of sp³-hybridized carbons (Fsp3) is 0.579. The summed E-state index contributed by atoms with van der Waals surface area (Å²) in [5, 5.41) is 0. The van der Waals surface area contributed by atoms with Crippen molar-refractivity contribution >= 4 is 11.6 Å². The first kappa shape index (κ1) is 8.87. The standard InChI is InChI=1S/C14H11O2.C5H5.Ru/c15-13(11-6-2-1-3-7-11)10-14(16)12-8-4-5-9-12;1-2-4-5-3-1;/h1-9H,10H2;1-5H;. The number of rotatable bonds is 4. The monoisotopic (exact) mass is 378 g/mol. The van der Waals surface area contributed by atoms with E-state index in [9.17, 15) is 9.59 Å². The van der Waals surface area contributed by atoms with Crippen LogP contribution in [0.2, 0.25) is 44.6 Å². The Labute approximate surface area is 116 Å². The van der Waals surface area contributed by atoms with Crippen LogP contribution < -0.4 is 0 Å². The molecule has 0 aromatic heterocycles. The van der Waals surface area contributed by atoms with E-state index in [1.165, 1.54) is 31.6 Å². The van der Waals surface area contributed by atoms with Gasteiger partial charge in [-0.1, -0.05) is 0 Å². The molecule has 1 aromatic rings. The van der Waals surface area contributed by atoms with E-state index >= 15 is 0 Å². The number of Topliss-reactive ketones (excluding diaryl/α,β-unsaturated/α-hetero) is 2. The predicted octanol–water partition coefficient (Wildman–Crippen LogP) is 4.59. The SMILES string of the molecule is O=C(CC(=O)[C]12[CH]3[CH]4[CH]5[CH]1[Ru]45321678[CH]2[CH]1[CH]6[CH]7[CH]28)c1ccccc1. The van der Waals surface area contributed by atoms with E-state index in [4.69, 9.17) is 0 Å². The van der Waals surface area contributed by atoms with E-state index < -0.39 is 7.72 Å². The van der Waals surface area contributed by atoms with E-state index in [1.54, 1.807) is 0 Å². The molecule has 0 bridgehead atoms. The summed E-state index contributed by atoms with van der Waals surface area (Å²) in [7, 11) is -3.61. The fourth-order valence-corrected chi connectivity index (χ4v) is 151. The van der Waals surface area contributed by atoms with Crippen LogP contribution in [0.4, 0.5) is 0 Å². The van der Waals surface area contributed by atoms with Gasteiger partial charge in [0.05, 0.1) is 0 Å². The number of benzene rings is 1. The normalized spacial score (nSPS) is 94.3. The third-order valence-electron chi connectivity index (χ3n) is 16.5. The van der Waals surface area contributed by atoms with Crippen molar-refractivity contribution in [2.45, 2.75) is 51.0 Å². The zero-order chi connectivity index (χ0) is 14.0. The molecule has 10 aliphatic heterocycles. The van der Waals surface area contributed by atoms with Gasteiger partial charge in [0, 0.05) is 0 Å². The van der Waals surface area contributed by atoms with Gasteiger partial charge < -0.3 is 0 Å². The molecule has 0 aliphatic carbocycles. The van der Waals surface area contributed by atoms with Gasteiger partial charge in [-0.25, -0.2) is 0 Å². The first-order valence-electron chi connectivity index (χ1n) is 8.78. The average Bonchev–Trinajstić information content (AvgIpc) is 3.48. The summed E-state index contributed by atoms with van der Waals surface area (Å²) in [6.45, 7) is 0. The summed E-state index contributed by atoms with van der Waals surface area (Å²) in [4.78, 5) is 26.0. The molecule has 10 fully saturated rings. The Balaban J connectivity index is 1.17. The number of carbonyl (C=O) groups is 2. The number of hydrogen-bond acceptors (Lipinski definition) is 2. The number of ketones is 2. The number of fused-ring (bicyclic) bond motifs is 10. The second-order valence-corrected chi connectivity index (χ2v) is 49.2. The van der Waals surface area contributed by atoms with Crippen LogP contribution in [0.15, 0.2) is 30.3 Å². The van der Waals surface area contributed by atoms with E-state index in [0.29, 0.717) is 5.78 Å². The molecular formula is C19H16O2Ru. The van der Waals surface area contributed by atoms with Crippen LogP contribution in [0.1, 0.15) is 16.8 Å². The molecule has 0 N–H and O–H groups in total. The Hall–Kier alpha value is -0.817. The van der Waals surface area contributed by atoms with Crippen LogP contribution in [0.3, 0.4) is 0 Å². The molecule has 112 valence electrons. The Kier molecular flexibility index (Phi) is 0.353. The van der Waals surface area contributed by atoms with Gasteiger partial charge in [-0.3, -0.25) is 0 Å². The molecule has 10 saturated heterocycles. The van der Waals surface area contributed by atoms with Crippen molar-refractivity contribution in [3.8, 4) is 0 Å². The van der Waals surface area contributed by atoms with Gasteiger partial charge in [0.2, 0.25) is 0 Å². The Bertz CT molecular complexity index is 1230. The third-order valence-corrected chi connectivity index (χ3v) is 83.2. The molecule has 10 aliphatic rings. The van der Waals surface area contributed by atoms with Crippen molar-refractivity contribution in [1.29, 1.82) is 0 Å². The minimum absolute atomic E-state index is 0.0877. The number of carbonyl (C=O) groups excluding carboxylic acids is 2. The average molecular weight is 377 g/mol. The summed E-state index contributed by atoms with van der Waals surface area (Å²) in [6, 6.07) is 9.49. The Morgan fingerprint density at radius 1 is 0.864 bits per heavy atom. The second kappa shape index (κ2) is 0.874. The second-order valence-electron chi connectivity index (χ2n) is 12.1. The van der Waals surface area contributed by atoms with Crippen LogP contribution in [0, 0.1) is 0 Å². The van der Waals surface area contributed by atoms with E-state index in [1.807, 2.05) is 30.3 Å².